The molecule has 4 saturated carbocycles. The van der Waals surface area contributed by atoms with Crippen LogP contribution in [0.25, 0.3) is 0 Å². The molecule has 0 radical (unpaired) electrons. The highest BCUT2D eigenvalue weighted by molar-refractivity contribution is 5.73. The molecule has 0 aromatic heterocycles. The largest absolute Gasteiger partial charge is 0.479 e. The Morgan fingerprint density at radius 3 is 1.77 bits per heavy atom. The van der Waals surface area contributed by atoms with Crippen molar-refractivity contribution in [2.75, 3.05) is 19.8 Å². The molecule has 3 aliphatic heterocycles. The van der Waals surface area contributed by atoms with Gasteiger partial charge in [-0.25, -0.2) is 4.79 Å². The second-order valence-electron chi connectivity index (χ2n) is 25.5. The lowest BCUT2D eigenvalue weighted by molar-refractivity contribution is -0.396. The molecule has 3 heterocycles. The summed E-state index contributed by atoms with van der Waals surface area (Å²) >= 11 is 0. The first-order valence-corrected chi connectivity index (χ1v) is 27.0. The lowest BCUT2D eigenvalue weighted by atomic mass is 9.32. The smallest absolute Gasteiger partial charge is 0.335 e. The molecule has 22 heteroatoms. The Balaban J connectivity index is 1.12. The van der Waals surface area contributed by atoms with Crippen LogP contribution in [0, 0.1) is 56.2 Å². The van der Waals surface area contributed by atoms with Crippen molar-refractivity contribution in [3.05, 3.63) is 11.6 Å². The molecule has 13 N–H and O–H groups in total. The minimum Gasteiger partial charge on any atom is -0.479 e. The lowest BCUT2D eigenvalue weighted by Crippen LogP contribution is -2.74. The first-order chi connectivity index (χ1) is 35.0. The fourth-order valence-electron chi connectivity index (χ4n) is 16.0. The van der Waals surface area contributed by atoms with Crippen LogP contribution in [0.2, 0.25) is 0 Å². The van der Waals surface area contributed by atoms with Crippen LogP contribution < -0.4 is 0 Å². The molecule has 8 aliphatic rings. The van der Waals surface area contributed by atoms with E-state index in [1.165, 1.54) is 0 Å². The predicted molar refractivity (Wildman–Crippen MR) is 258 cm³/mol. The van der Waals surface area contributed by atoms with Crippen LogP contribution in [0.15, 0.2) is 11.6 Å². The van der Waals surface area contributed by atoms with Gasteiger partial charge in [0.15, 0.2) is 25.0 Å². The van der Waals surface area contributed by atoms with E-state index in [9.17, 15) is 76.0 Å². The molecule has 22 nitrogen and oxygen atoms in total. The number of aliphatic hydroxyl groups excluding tert-OH is 12. The summed E-state index contributed by atoms with van der Waals surface area (Å²) in [6.07, 6.45) is -26.2. The number of allylic oxidation sites excluding steroid dienone is 1. The maximum absolute atomic E-state index is 13.5. The Morgan fingerprint density at radius 2 is 1.24 bits per heavy atom. The van der Waals surface area contributed by atoms with Gasteiger partial charge in [0, 0.05) is 5.41 Å². The number of aliphatic hydroxyl groups is 12. The van der Waals surface area contributed by atoms with Gasteiger partial charge in [-0.05, 0) is 90.8 Å². The Labute approximate surface area is 437 Å². The summed E-state index contributed by atoms with van der Waals surface area (Å²) < 4.78 is 42.7. The van der Waals surface area contributed by atoms with Crippen LogP contribution in [0.5, 0.6) is 0 Å². The van der Waals surface area contributed by atoms with Crippen LogP contribution >= 0.6 is 0 Å². The van der Waals surface area contributed by atoms with Crippen LogP contribution in [-0.2, 0) is 42.7 Å². The summed E-state index contributed by atoms with van der Waals surface area (Å²) in [6.45, 7) is 16.2. The van der Waals surface area contributed by atoms with Crippen molar-refractivity contribution in [2.24, 2.45) is 56.2 Å². The van der Waals surface area contributed by atoms with E-state index >= 15 is 0 Å². The van der Waals surface area contributed by atoms with Gasteiger partial charge in [0.1, 0.15) is 73.2 Å². The number of fused-ring (bicyclic) bond motifs is 7. The Morgan fingerprint density at radius 1 is 0.667 bits per heavy atom. The normalized spacial score (nSPS) is 51.7. The molecule has 8 rings (SSSR count). The fourth-order valence-corrected chi connectivity index (χ4v) is 16.0. The average molecular weight is 1080 g/mol. The zero-order valence-electron chi connectivity index (χ0n) is 44.6. The molecule has 0 aromatic carbocycles. The van der Waals surface area contributed by atoms with Crippen molar-refractivity contribution in [1.29, 1.82) is 0 Å². The Kier molecular flexibility index (Phi) is 16.6. The first kappa shape index (κ1) is 59.1. The van der Waals surface area contributed by atoms with Gasteiger partial charge in [0.25, 0.3) is 0 Å². The van der Waals surface area contributed by atoms with Crippen LogP contribution in [-0.4, -0.2) is 215 Å². The molecule has 5 aliphatic carbocycles. The summed E-state index contributed by atoms with van der Waals surface area (Å²) in [5.74, 6) is -3.10. The number of carboxylic acids is 1. The number of carboxylic acid groups (broad SMARTS) is 1. The quantitative estimate of drug-likeness (QED) is 0.0611. The molecule has 3 saturated heterocycles. The van der Waals surface area contributed by atoms with Crippen LogP contribution in [0.4, 0.5) is 0 Å². The van der Waals surface area contributed by atoms with E-state index in [0.717, 1.165) is 5.57 Å². The lowest BCUT2D eigenvalue weighted by Gasteiger charge is -2.73. The molecule has 0 aromatic rings. The topological polar surface area (TPSA) is 362 Å². The standard InChI is InChI=1S/C53H86O22/c1-10-22(2)44(68)71-30-18-48(3,4)17-24-23-11-12-28-50(7)15-14-29(49(5,6)27(50)13-16-51(28,8)52(23,9)41(64)42(65)53(24,30)21-56)72-47-40(75-46-36(62)34(60)32(58)26(20-55)70-46)38(37(63)39(74-47)43(66)67)73-45-35(61)33(59)31(57)25(19-54)69-45/h11,22,24-42,45-47,54-65H,10,12-21H2,1-9H3,(H,66,67)/t22-,24+,25-,26-,27+,28-,29+,30+,31+,32-,33+,34+,35-,36-,37+,38+,39+,40-,41+,42-,45+,46+,47-,50+,51-,52+,53-/m1/s1. The van der Waals surface area contributed by atoms with Crippen LogP contribution in [0.3, 0.4) is 0 Å². The van der Waals surface area contributed by atoms with Gasteiger partial charge < -0.3 is 99.5 Å². The van der Waals surface area contributed by atoms with E-state index in [-0.39, 0.29) is 17.3 Å². The monoisotopic (exact) mass is 1070 g/mol. The third-order valence-electron chi connectivity index (χ3n) is 20.8. The van der Waals surface area contributed by atoms with Crippen molar-refractivity contribution in [1.82, 2.24) is 0 Å². The van der Waals surface area contributed by atoms with E-state index in [2.05, 4.69) is 33.8 Å². The van der Waals surface area contributed by atoms with Gasteiger partial charge in [0.2, 0.25) is 0 Å². The number of aliphatic carboxylic acids is 1. The van der Waals surface area contributed by atoms with Gasteiger partial charge >= 0.3 is 11.9 Å². The second kappa shape index (κ2) is 21.1. The maximum Gasteiger partial charge on any atom is 0.335 e. The SMILES string of the molecule is CC[C@@H](C)C(=O)O[C@H]1CC(C)(C)C[C@H]2C3=CC[C@@H]4[C@@]5(C)CC[C@H](O[C@@H]6O[C@H](C(=O)O)[C@@H](O)[C@H](O[C@@H]7O[C@H](CO)[C@H](O)[C@H](O)[C@H]7O)[C@H]6O[C@@H]6O[C@H](CO)[C@@H](O)[C@H](O)[C@H]6O)C(C)(C)[C@@H]5CC[C@@]4(C)[C@]3(C)[C@@H](O)[C@@H](O)[C@@]12CO. The van der Waals surface area contributed by atoms with Gasteiger partial charge in [0.05, 0.1) is 49.5 Å². The fraction of sp³-hybridized carbons (Fsp3) is 0.925. The summed E-state index contributed by atoms with van der Waals surface area (Å²) in [4.78, 5) is 26.4. The number of carbonyl (C=O) groups is 2. The summed E-state index contributed by atoms with van der Waals surface area (Å²) in [5, 5.41) is 144. The first-order valence-electron chi connectivity index (χ1n) is 27.0. The van der Waals surface area contributed by atoms with Crippen molar-refractivity contribution in [2.45, 2.75) is 230 Å². The summed E-state index contributed by atoms with van der Waals surface area (Å²) in [5.41, 5.74) is -3.58. The van der Waals surface area contributed by atoms with E-state index in [1.807, 2.05) is 27.7 Å². The summed E-state index contributed by atoms with van der Waals surface area (Å²) in [7, 11) is 0. The minimum absolute atomic E-state index is 0.0760. The van der Waals surface area contributed by atoms with Gasteiger partial charge in [-0.2, -0.15) is 0 Å². The Hall–Kier alpha value is -2.04. The van der Waals surface area contributed by atoms with Gasteiger partial charge in [-0.3, -0.25) is 4.79 Å². The third-order valence-corrected chi connectivity index (χ3v) is 20.8. The maximum atomic E-state index is 13.5. The molecule has 0 amide bonds. The molecule has 27 atom stereocenters. The summed E-state index contributed by atoms with van der Waals surface area (Å²) in [6, 6.07) is 0. The van der Waals surface area contributed by atoms with E-state index in [4.69, 9.17) is 33.2 Å². The number of hydrogen-bond acceptors (Lipinski definition) is 21. The molecule has 0 unspecified atom stereocenters. The van der Waals surface area contributed by atoms with Gasteiger partial charge in [-0.1, -0.05) is 74.0 Å². The molecular formula is C53H86O22. The highest BCUT2D eigenvalue weighted by Crippen LogP contribution is 2.76. The second-order valence-corrected chi connectivity index (χ2v) is 25.5. The minimum atomic E-state index is -2.17. The Bertz CT molecular complexity index is 2090. The molecule has 0 bridgehead atoms. The zero-order valence-corrected chi connectivity index (χ0v) is 44.6. The molecule has 0 spiro atoms. The van der Waals surface area contributed by atoms with Crippen LogP contribution in [0.1, 0.15) is 114 Å². The molecule has 75 heavy (non-hydrogen) atoms. The van der Waals surface area contributed by atoms with Crippen molar-refractivity contribution in [3.63, 3.8) is 0 Å². The number of hydrogen-bond donors (Lipinski definition) is 13. The third kappa shape index (κ3) is 9.27. The number of ether oxygens (including phenoxy) is 7. The number of carbonyl (C=O) groups excluding carboxylic acids is 1. The highest BCUT2D eigenvalue weighted by atomic mass is 16.8. The molecule has 7 fully saturated rings. The van der Waals surface area contributed by atoms with Gasteiger partial charge in [-0.15, -0.1) is 0 Å². The zero-order chi connectivity index (χ0) is 55.4. The molecular weight excluding hydrogens is 989 g/mol. The van der Waals surface area contributed by atoms with Crippen molar-refractivity contribution >= 4 is 11.9 Å². The van der Waals surface area contributed by atoms with E-state index in [0.29, 0.717) is 51.4 Å². The number of rotatable bonds is 13. The highest BCUT2D eigenvalue weighted by Gasteiger charge is 2.75. The average Bonchev–Trinajstić information content (AvgIpc) is 3.35. The van der Waals surface area contributed by atoms with Crippen molar-refractivity contribution in [3.8, 4) is 0 Å². The number of esters is 1. The molecule has 430 valence electrons. The van der Waals surface area contributed by atoms with Crippen molar-refractivity contribution < 1.29 is 109 Å². The van der Waals surface area contributed by atoms with E-state index < -0.39 is 187 Å². The van der Waals surface area contributed by atoms with E-state index in [1.54, 1.807) is 6.92 Å². The predicted octanol–water partition coefficient (Wildman–Crippen LogP) is -0.784.